The van der Waals surface area contributed by atoms with Crippen molar-refractivity contribution in [1.82, 2.24) is 69.1 Å². The molecule has 0 aromatic heterocycles. The molecule has 0 fully saturated rings. The first-order chi connectivity index (χ1) is 35.9. The van der Waals surface area contributed by atoms with Crippen LogP contribution in [0.2, 0.25) is 0 Å². The second-order valence-corrected chi connectivity index (χ2v) is 21.1. The zero-order valence-electron chi connectivity index (χ0n) is 48.8. The number of ketones is 1. The number of carbonyl (C=O) groups excluding carboxylic acids is 7. The van der Waals surface area contributed by atoms with Crippen molar-refractivity contribution in [3.8, 4) is 0 Å². The van der Waals surface area contributed by atoms with Gasteiger partial charge in [-0.3, -0.25) is 34.1 Å². The molecule has 7 unspecified atom stereocenters. The van der Waals surface area contributed by atoms with Gasteiger partial charge in [0, 0.05) is 31.6 Å². The average Bonchev–Trinajstić information content (AvgIpc) is 3.37. The summed E-state index contributed by atoms with van der Waals surface area (Å²) in [6.45, 7) is 12.4. The molecule has 0 aliphatic heterocycles. The highest BCUT2D eigenvalue weighted by Crippen LogP contribution is 2.10. The van der Waals surface area contributed by atoms with E-state index in [0.29, 0.717) is 90.3 Å². The maximum atomic E-state index is 14.0. The Morgan fingerprint density at radius 1 is 0.360 bits per heavy atom. The Labute approximate surface area is 453 Å². The Kier molecular flexibility index (Phi) is 43.1. The van der Waals surface area contributed by atoms with Gasteiger partial charge in [0.25, 0.3) is 5.91 Å². The number of nitrogens with one attached hydrogen (secondary N) is 13. The molecule has 0 aliphatic carbocycles. The van der Waals surface area contributed by atoms with Crippen molar-refractivity contribution in [3.63, 3.8) is 0 Å². The second kappa shape index (κ2) is 45.4. The SMILES string of the molecule is CNCCCCC(NC)C(=O)NCCCCC(NC(=O)C(CCCCNC(C)(C)C)NC)C(=O)NC(CCCCNC(=O)C(CCCCNC(=O)C(CCCCNC)NC)[NH2+]C(=O)C(CCCCNC)NC)C(C)=O. The predicted molar refractivity (Wildman–Crippen MR) is 302 cm³/mol. The minimum Gasteiger partial charge on any atom is -0.355 e. The van der Waals surface area contributed by atoms with Gasteiger partial charge in [-0.05, 0) is 212 Å². The number of Topliss-reactive ketones (excluding diaryl/α,β-unsaturated/α-hetero) is 1. The molecule has 15 N–H and O–H groups in total. The molecule has 0 saturated carbocycles. The van der Waals surface area contributed by atoms with Gasteiger partial charge in [0.1, 0.15) is 12.1 Å². The van der Waals surface area contributed by atoms with Gasteiger partial charge in [0.2, 0.25) is 23.6 Å². The molecule has 0 rings (SSSR count). The van der Waals surface area contributed by atoms with Crippen LogP contribution in [0.25, 0.3) is 0 Å². The summed E-state index contributed by atoms with van der Waals surface area (Å²) in [5.74, 6) is -1.46. The smallest absolute Gasteiger partial charge is 0.328 e. The lowest BCUT2D eigenvalue weighted by Gasteiger charge is -2.25. The first kappa shape index (κ1) is 71.3. The fourth-order valence-electron chi connectivity index (χ4n) is 8.78. The number of nitrogens with two attached hydrogens (primary N) is 1. The molecule has 0 heterocycles. The second-order valence-electron chi connectivity index (χ2n) is 21.1. The molecule has 438 valence electrons. The molecule has 7 atom stereocenters. The van der Waals surface area contributed by atoms with E-state index in [1.807, 2.05) is 21.1 Å². The third-order valence-corrected chi connectivity index (χ3v) is 13.6. The van der Waals surface area contributed by atoms with Crippen LogP contribution in [0.5, 0.6) is 0 Å². The highest BCUT2D eigenvalue weighted by molar-refractivity contribution is 5.93. The van der Waals surface area contributed by atoms with Crippen LogP contribution in [-0.2, 0) is 33.6 Å². The van der Waals surface area contributed by atoms with E-state index < -0.39 is 36.1 Å². The fourth-order valence-corrected chi connectivity index (χ4v) is 8.78. The summed E-state index contributed by atoms with van der Waals surface area (Å²) < 4.78 is 0. The van der Waals surface area contributed by atoms with Crippen LogP contribution < -0.4 is 74.4 Å². The number of rotatable bonds is 49. The lowest BCUT2D eigenvalue weighted by atomic mass is 10.0. The van der Waals surface area contributed by atoms with Crippen LogP contribution in [0.15, 0.2) is 0 Å². The Hall–Kier alpha value is -3.67. The number of quaternary nitrogens is 1. The highest BCUT2D eigenvalue weighted by Gasteiger charge is 2.30. The Morgan fingerprint density at radius 2 is 0.680 bits per heavy atom. The van der Waals surface area contributed by atoms with Crippen LogP contribution in [0.4, 0.5) is 0 Å². The molecule has 21 heteroatoms. The zero-order chi connectivity index (χ0) is 56.3. The molecule has 6 amide bonds. The minimum absolute atomic E-state index is 0.00265. The van der Waals surface area contributed by atoms with E-state index in [-0.39, 0.29) is 52.9 Å². The van der Waals surface area contributed by atoms with Crippen molar-refractivity contribution in [2.75, 3.05) is 95.1 Å². The zero-order valence-corrected chi connectivity index (χ0v) is 48.8. The number of hydrogen-bond donors (Lipinski definition) is 14. The summed E-state index contributed by atoms with van der Waals surface area (Å²) in [4.78, 5) is 93.6. The van der Waals surface area contributed by atoms with Crippen LogP contribution >= 0.6 is 0 Å². The standard InChI is InChI=1S/C54H110N14O7/c1-40(69)41(66-53(75)47(68-52(74)45(61-11)30-18-25-39-65-54(2,3)4)32-17-24-37-63-49(71)43(59-9)28-13-20-34-56-6)26-15-22-38-64-50(72)46(67-51(73)44(60-10)29-14-21-35-57-7)31-16-23-36-62-48(70)42(58-8)27-12-19-33-55-5/h41-47,55-61,65H,12-39H2,1-11H3,(H,62,70)(H,63,71)(H,64,72)(H,66,75)(H,67,73)(H,68,74)/p+1. The number of amides is 6. The van der Waals surface area contributed by atoms with E-state index in [2.05, 4.69) is 89.9 Å². The van der Waals surface area contributed by atoms with Crippen molar-refractivity contribution in [1.29, 1.82) is 0 Å². The Balaban J connectivity index is 5.74. The first-order valence-electron chi connectivity index (χ1n) is 28.6. The number of likely N-dealkylation sites (N-methyl/N-ethyl adjacent to an activating group) is 4. The molecule has 0 radical (unpaired) electrons. The van der Waals surface area contributed by atoms with Gasteiger partial charge in [0.15, 0.2) is 11.8 Å². The molecule has 0 aromatic rings. The summed E-state index contributed by atoms with van der Waals surface area (Å²) in [6, 6.07) is -3.86. The third-order valence-electron chi connectivity index (χ3n) is 13.6. The van der Waals surface area contributed by atoms with E-state index in [1.54, 1.807) is 33.5 Å². The quantitative estimate of drug-likeness (QED) is 0.0356. The number of hydrogen-bond acceptors (Lipinski definition) is 15. The molecule has 75 heavy (non-hydrogen) atoms. The lowest BCUT2D eigenvalue weighted by Crippen LogP contribution is -2.98. The van der Waals surface area contributed by atoms with E-state index in [9.17, 15) is 33.6 Å². The fraction of sp³-hybridized carbons (Fsp3) is 0.870. The molecular weight excluding hydrogens is 957 g/mol. The van der Waals surface area contributed by atoms with Crippen molar-refractivity contribution < 1.29 is 38.9 Å². The monoisotopic (exact) mass is 1070 g/mol. The van der Waals surface area contributed by atoms with E-state index >= 15 is 0 Å². The van der Waals surface area contributed by atoms with Crippen LogP contribution in [-0.4, -0.2) is 184 Å². The molecule has 0 aliphatic rings. The van der Waals surface area contributed by atoms with Gasteiger partial charge >= 0.3 is 5.91 Å². The largest absolute Gasteiger partial charge is 0.355 e. The summed E-state index contributed by atoms with van der Waals surface area (Å²) in [5.41, 5.74) is -0.00265. The van der Waals surface area contributed by atoms with Gasteiger partial charge in [-0.1, -0.05) is 19.3 Å². The first-order valence-corrected chi connectivity index (χ1v) is 28.6. The van der Waals surface area contributed by atoms with Crippen LogP contribution in [0.3, 0.4) is 0 Å². The van der Waals surface area contributed by atoms with Gasteiger partial charge in [-0.25, -0.2) is 4.79 Å². The van der Waals surface area contributed by atoms with E-state index in [1.165, 1.54) is 6.92 Å². The maximum absolute atomic E-state index is 14.0. The van der Waals surface area contributed by atoms with Crippen molar-refractivity contribution in [2.24, 2.45) is 0 Å². The highest BCUT2D eigenvalue weighted by atomic mass is 16.2. The Morgan fingerprint density at radius 3 is 1.08 bits per heavy atom. The normalized spacial score (nSPS) is 14.4. The number of carbonyl (C=O) groups is 7. The molecular formula is C54H111N14O7+. The molecule has 21 nitrogen and oxygen atoms in total. The van der Waals surface area contributed by atoms with E-state index in [0.717, 1.165) is 90.4 Å². The van der Waals surface area contributed by atoms with Gasteiger partial charge in [-0.15, -0.1) is 0 Å². The van der Waals surface area contributed by atoms with E-state index in [4.69, 9.17) is 0 Å². The van der Waals surface area contributed by atoms with Crippen molar-refractivity contribution >= 4 is 41.2 Å². The average molecular weight is 1070 g/mol. The third kappa shape index (κ3) is 36.1. The summed E-state index contributed by atoms with van der Waals surface area (Å²) >= 11 is 0. The predicted octanol–water partition coefficient (Wildman–Crippen LogP) is -0.0574. The minimum atomic E-state index is -0.906. The lowest BCUT2D eigenvalue weighted by molar-refractivity contribution is -0.594. The van der Waals surface area contributed by atoms with Crippen LogP contribution in [0.1, 0.15) is 163 Å². The summed E-state index contributed by atoms with van der Waals surface area (Å²) in [6.07, 6.45) is 14.5. The number of primary amides is 1. The van der Waals surface area contributed by atoms with Gasteiger partial charge in [-0.2, -0.15) is 0 Å². The molecule has 0 spiro atoms. The summed E-state index contributed by atoms with van der Waals surface area (Å²) in [5, 5.41) is 41.8. The van der Waals surface area contributed by atoms with Crippen molar-refractivity contribution in [3.05, 3.63) is 0 Å². The maximum Gasteiger partial charge on any atom is 0.328 e. The Bertz CT molecular complexity index is 1550. The van der Waals surface area contributed by atoms with Crippen LogP contribution in [0, 0.1) is 0 Å². The van der Waals surface area contributed by atoms with Gasteiger partial charge < -0.3 is 69.1 Å². The molecule has 0 aromatic carbocycles. The number of unbranched alkanes of at least 4 members (excludes halogenated alkanes) is 7. The topological polar surface area (TPSA) is 292 Å². The summed E-state index contributed by atoms with van der Waals surface area (Å²) in [7, 11) is 12.8. The van der Waals surface area contributed by atoms with Crippen molar-refractivity contribution in [2.45, 2.75) is 210 Å². The molecule has 0 bridgehead atoms. The van der Waals surface area contributed by atoms with Gasteiger partial charge in [0.05, 0.1) is 24.2 Å². The molecule has 0 saturated heterocycles.